The molecule has 0 spiro atoms. The molecule has 0 aromatic carbocycles. The molecule has 0 aromatic heterocycles. The highest BCUT2D eigenvalue weighted by Crippen LogP contribution is 2.31. The smallest absolute Gasteiger partial charge is 0.381 e. The molecule has 0 amide bonds. The van der Waals surface area contributed by atoms with Gasteiger partial charge >= 0.3 is 15.6 Å². The van der Waals surface area contributed by atoms with Crippen LogP contribution >= 0.6 is 11.8 Å². The molecule has 1 unspecified atom stereocenters. The maximum absolute atomic E-state index is 12.0. The van der Waals surface area contributed by atoms with Gasteiger partial charge in [-0.25, -0.2) is 0 Å². The van der Waals surface area contributed by atoms with Gasteiger partial charge in [0.25, 0.3) is 0 Å². The minimum Gasteiger partial charge on any atom is -0.381 e. The number of thioether (sulfide) groups is 1. The average molecular weight is 276 g/mol. The van der Waals surface area contributed by atoms with Crippen LogP contribution in [0, 0.1) is 0 Å². The summed E-state index contributed by atoms with van der Waals surface area (Å²) in [7, 11) is -5.50. The Hall–Kier alpha value is -0.370. The first-order valence-corrected chi connectivity index (χ1v) is 7.18. The molecule has 0 saturated carbocycles. The number of allylic oxidation sites excluding steroid dienone is 2. The zero-order valence-corrected chi connectivity index (χ0v) is 10.1. The topological polar surface area (TPSA) is 43.4 Å². The van der Waals surface area contributed by atoms with Crippen molar-refractivity contribution in [3.63, 3.8) is 0 Å². The van der Waals surface area contributed by atoms with E-state index in [-0.39, 0.29) is 12.2 Å². The average Bonchev–Trinajstić information content (AvgIpc) is 2.16. The van der Waals surface area contributed by atoms with Gasteiger partial charge in [-0.3, -0.25) is 0 Å². The Morgan fingerprint density at radius 1 is 1.50 bits per heavy atom. The molecule has 0 heterocycles. The van der Waals surface area contributed by atoms with Crippen molar-refractivity contribution in [3.05, 3.63) is 11.8 Å². The van der Waals surface area contributed by atoms with Gasteiger partial charge in [0.15, 0.2) is 0 Å². The molecule has 0 aromatic rings. The standard InChI is InChI=1S/C8H11F3O3S2/c1-15-7-4-2-6(3-5-7)14-16(12,13)8(9,10)11/h2,7H,3-5H2,1H3. The van der Waals surface area contributed by atoms with Gasteiger partial charge < -0.3 is 4.18 Å². The summed E-state index contributed by atoms with van der Waals surface area (Å²) in [6.07, 6.45) is 4.69. The fraction of sp³-hybridized carbons (Fsp3) is 0.750. The van der Waals surface area contributed by atoms with Crippen LogP contribution < -0.4 is 0 Å². The van der Waals surface area contributed by atoms with Crippen LogP contribution in [0.15, 0.2) is 11.8 Å². The van der Waals surface area contributed by atoms with Gasteiger partial charge in [-0.05, 0) is 25.2 Å². The van der Waals surface area contributed by atoms with Gasteiger partial charge in [0.05, 0.1) is 0 Å². The normalized spacial score (nSPS) is 22.8. The van der Waals surface area contributed by atoms with E-state index < -0.39 is 15.6 Å². The van der Waals surface area contributed by atoms with Gasteiger partial charge in [-0.1, -0.05) is 0 Å². The fourth-order valence-electron chi connectivity index (χ4n) is 1.26. The monoisotopic (exact) mass is 276 g/mol. The highest BCUT2D eigenvalue weighted by Gasteiger charge is 2.48. The number of halogens is 3. The fourth-order valence-corrected chi connectivity index (χ4v) is 2.43. The number of hydrogen-bond acceptors (Lipinski definition) is 4. The molecule has 1 aliphatic carbocycles. The Kier molecular flexibility index (Phi) is 4.17. The van der Waals surface area contributed by atoms with Crippen molar-refractivity contribution >= 4 is 21.9 Å². The van der Waals surface area contributed by atoms with Crippen molar-refractivity contribution in [2.45, 2.75) is 30.0 Å². The van der Waals surface area contributed by atoms with Gasteiger partial charge in [-0.2, -0.15) is 33.4 Å². The maximum Gasteiger partial charge on any atom is 0.534 e. The second-order valence-electron chi connectivity index (χ2n) is 3.29. The summed E-state index contributed by atoms with van der Waals surface area (Å²) in [6.45, 7) is 0. The van der Waals surface area contributed by atoms with Crippen molar-refractivity contribution in [2.24, 2.45) is 0 Å². The summed E-state index contributed by atoms with van der Waals surface area (Å²) in [5.74, 6) is -0.109. The molecule has 3 nitrogen and oxygen atoms in total. The molecule has 16 heavy (non-hydrogen) atoms. The van der Waals surface area contributed by atoms with Crippen molar-refractivity contribution in [2.75, 3.05) is 6.26 Å². The SMILES string of the molecule is CSC1CC=C(OS(=O)(=O)C(F)(F)F)CC1. The van der Waals surface area contributed by atoms with E-state index in [1.54, 1.807) is 11.8 Å². The predicted molar refractivity (Wildman–Crippen MR) is 55.3 cm³/mol. The van der Waals surface area contributed by atoms with Gasteiger partial charge in [0.2, 0.25) is 0 Å². The largest absolute Gasteiger partial charge is 0.534 e. The van der Waals surface area contributed by atoms with Crippen LogP contribution in [0.4, 0.5) is 13.2 Å². The summed E-state index contributed by atoms with van der Waals surface area (Å²) in [4.78, 5) is 0. The predicted octanol–water partition coefficient (Wildman–Crippen LogP) is 2.65. The first kappa shape index (κ1) is 13.7. The van der Waals surface area contributed by atoms with E-state index in [0.29, 0.717) is 18.1 Å². The Morgan fingerprint density at radius 3 is 2.50 bits per heavy atom. The molecule has 0 bridgehead atoms. The molecule has 0 radical (unpaired) electrons. The molecular formula is C8H11F3O3S2. The third kappa shape index (κ3) is 3.31. The van der Waals surface area contributed by atoms with Crippen molar-refractivity contribution in [1.29, 1.82) is 0 Å². The summed E-state index contributed by atoms with van der Waals surface area (Å²) in [5, 5.41) is 0.320. The van der Waals surface area contributed by atoms with E-state index >= 15 is 0 Å². The van der Waals surface area contributed by atoms with Crippen LogP contribution in [0.1, 0.15) is 19.3 Å². The Balaban J connectivity index is 2.67. The molecule has 1 aliphatic rings. The summed E-state index contributed by atoms with van der Waals surface area (Å²) < 4.78 is 61.4. The second kappa shape index (κ2) is 4.87. The minimum atomic E-state index is -5.50. The zero-order valence-electron chi connectivity index (χ0n) is 8.45. The second-order valence-corrected chi connectivity index (χ2v) is 5.96. The molecule has 0 aliphatic heterocycles. The molecular weight excluding hydrogens is 265 g/mol. The highest BCUT2D eigenvalue weighted by molar-refractivity contribution is 7.99. The van der Waals surface area contributed by atoms with Crippen LogP contribution in [-0.4, -0.2) is 25.4 Å². The van der Waals surface area contributed by atoms with E-state index in [4.69, 9.17) is 0 Å². The zero-order chi connectivity index (χ0) is 12.4. The van der Waals surface area contributed by atoms with E-state index in [2.05, 4.69) is 4.18 Å². The minimum absolute atomic E-state index is 0.109. The first-order chi connectivity index (χ1) is 7.26. The summed E-state index contributed by atoms with van der Waals surface area (Å²) in [6, 6.07) is 0. The van der Waals surface area contributed by atoms with Crippen LogP contribution in [0.5, 0.6) is 0 Å². The molecule has 94 valence electrons. The Bertz CT molecular complexity index is 372. The van der Waals surface area contributed by atoms with Gasteiger partial charge in [-0.15, -0.1) is 0 Å². The maximum atomic E-state index is 12.0. The molecule has 1 rings (SSSR count). The molecule has 0 saturated heterocycles. The van der Waals surface area contributed by atoms with E-state index in [1.165, 1.54) is 6.08 Å². The van der Waals surface area contributed by atoms with Crippen molar-refractivity contribution < 1.29 is 25.8 Å². The molecule has 1 atom stereocenters. The third-order valence-corrected chi connectivity index (χ3v) is 4.25. The molecule has 8 heteroatoms. The van der Waals surface area contributed by atoms with Crippen LogP contribution in [0.25, 0.3) is 0 Å². The highest BCUT2D eigenvalue weighted by atomic mass is 32.2. The van der Waals surface area contributed by atoms with Crippen LogP contribution in [0.3, 0.4) is 0 Å². The van der Waals surface area contributed by atoms with Crippen LogP contribution in [0.2, 0.25) is 0 Å². The lowest BCUT2D eigenvalue weighted by Crippen LogP contribution is -2.26. The molecule has 0 N–H and O–H groups in total. The summed E-state index contributed by atoms with van der Waals surface area (Å²) in [5.41, 5.74) is -5.36. The van der Waals surface area contributed by atoms with Crippen molar-refractivity contribution in [1.82, 2.24) is 0 Å². The van der Waals surface area contributed by atoms with E-state index in [0.717, 1.165) is 0 Å². The Labute approximate surface area is 96.2 Å². The Morgan fingerprint density at radius 2 is 2.12 bits per heavy atom. The van der Waals surface area contributed by atoms with E-state index in [9.17, 15) is 21.6 Å². The lowest BCUT2D eigenvalue weighted by molar-refractivity contribution is -0.0524. The van der Waals surface area contributed by atoms with Gasteiger partial charge in [0.1, 0.15) is 5.76 Å². The number of hydrogen-bond donors (Lipinski definition) is 0. The number of rotatable bonds is 3. The van der Waals surface area contributed by atoms with Gasteiger partial charge in [0, 0.05) is 11.7 Å². The summed E-state index contributed by atoms with van der Waals surface area (Å²) >= 11 is 1.60. The quantitative estimate of drug-likeness (QED) is 0.587. The lowest BCUT2D eigenvalue weighted by Gasteiger charge is -2.20. The van der Waals surface area contributed by atoms with Crippen molar-refractivity contribution in [3.8, 4) is 0 Å². The number of alkyl halides is 3. The first-order valence-electron chi connectivity index (χ1n) is 4.49. The molecule has 0 fully saturated rings. The van der Waals surface area contributed by atoms with Crippen LogP contribution in [-0.2, 0) is 14.3 Å². The van der Waals surface area contributed by atoms with E-state index in [1.807, 2.05) is 6.26 Å². The lowest BCUT2D eigenvalue weighted by atomic mass is 10.1. The third-order valence-electron chi connectivity index (χ3n) is 2.15.